The molecule has 1 aromatic heterocycles. The molecule has 1 amide bonds. The number of pyridine rings is 1. The van der Waals surface area contributed by atoms with Crippen LogP contribution in [0.4, 0.5) is 0 Å². The predicted octanol–water partition coefficient (Wildman–Crippen LogP) is 4.56. The number of carbonyl (C=O) groups is 1. The summed E-state index contributed by atoms with van der Waals surface area (Å²) in [6.07, 6.45) is 1.65. The molecule has 3 rings (SSSR count). The number of nitrogens with one attached hydrogen (secondary N) is 1. The Morgan fingerprint density at radius 2 is 1.79 bits per heavy atom. The number of rotatable bonds is 7. The van der Waals surface area contributed by atoms with Crippen molar-refractivity contribution in [3.8, 4) is 11.8 Å². The van der Waals surface area contributed by atoms with Crippen LogP contribution in [0.25, 0.3) is 0 Å². The van der Waals surface area contributed by atoms with Crippen molar-refractivity contribution in [3.05, 3.63) is 93.8 Å². The van der Waals surface area contributed by atoms with E-state index in [1.807, 2.05) is 43.3 Å². The van der Waals surface area contributed by atoms with Crippen LogP contribution < -0.4 is 10.1 Å². The lowest BCUT2D eigenvalue weighted by Crippen LogP contribution is -2.24. The molecule has 170 valence electrons. The number of aryl methyl sites for hydroxylation is 1. The molecule has 6 nitrogen and oxygen atoms in total. The average molecular weight is 444 g/mol. The highest BCUT2D eigenvalue weighted by molar-refractivity contribution is 5.94. The van der Waals surface area contributed by atoms with Gasteiger partial charge in [-0.25, -0.2) is 0 Å². The summed E-state index contributed by atoms with van der Waals surface area (Å²) in [5.41, 5.74) is 5.18. The smallest absolute Gasteiger partial charge is 0.251 e. The van der Waals surface area contributed by atoms with Crippen LogP contribution in [0.3, 0.4) is 0 Å². The Hall–Kier alpha value is -3.69. The minimum atomic E-state index is -0.239. The number of hydrogen-bond acceptors (Lipinski definition) is 5. The first-order valence-corrected chi connectivity index (χ1v) is 10.8. The summed E-state index contributed by atoms with van der Waals surface area (Å²) >= 11 is 0. The van der Waals surface area contributed by atoms with E-state index in [0.29, 0.717) is 33.7 Å². The minimum absolute atomic E-state index is 0.0206. The monoisotopic (exact) mass is 443 g/mol. The van der Waals surface area contributed by atoms with Gasteiger partial charge in [0.25, 0.3) is 5.91 Å². The van der Waals surface area contributed by atoms with E-state index >= 15 is 0 Å². The van der Waals surface area contributed by atoms with E-state index in [-0.39, 0.29) is 31.1 Å². The van der Waals surface area contributed by atoms with E-state index in [9.17, 15) is 9.90 Å². The Morgan fingerprint density at radius 3 is 2.36 bits per heavy atom. The van der Waals surface area contributed by atoms with Gasteiger partial charge in [-0.05, 0) is 53.3 Å². The van der Waals surface area contributed by atoms with Gasteiger partial charge in [0, 0.05) is 23.9 Å². The first-order chi connectivity index (χ1) is 15.7. The summed E-state index contributed by atoms with van der Waals surface area (Å²) in [5.74, 6) is 0.308. The SMILES string of the molecule is Cc1ncc(CNC(=O)c2ccc(C(C)(C)C)cc2)c(CO)c1OCc1ccc(C#N)cc1. The highest BCUT2D eigenvalue weighted by Gasteiger charge is 2.16. The predicted molar refractivity (Wildman–Crippen MR) is 127 cm³/mol. The van der Waals surface area contributed by atoms with Crippen LogP contribution >= 0.6 is 0 Å². The van der Waals surface area contributed by atoms with Gasteiger partial charge < -0.3 is 15.2 Å². The Balaban J connectivity index is 1.71. The number of amides is 1. The fraction of sp³-hybridized carbons (Fsp3) is 0.296. The maximum atomic E-state index is 12.6. The Morgan fingerprint density at radius 1 is 1.12 bits per heavy atom. The minimum Gasteiger partial charge on any atom is -0.487 e. The third-order valence-electron chi connectivity index (χ3n) is 5.48. The number of aliphatic hydroxyl groups excluding tert-OH is 1. The van der Waals surface area contributed by atoms with Crippen LogP contribution in [-0.2, 0) is 25.2 Å². The maximum Gasteiger partial charge on any atom is 0.251 e. The maximum absolute atomic E-state index is 12.6. The van der Waals surface area contributed by atoms with Gasteiger partial charge in [-0.3, -0.25) is 9.78 Å². The van der Waals surface area contributed by atoms with Crippen LogP contribution in [0.5, 0.6) is 5.75 Å². The summed E-state index contributed by atoms with van der Waals surface area (Å²) in [7, 11) is 0. The normalized spacial score (nSPS) is 11.0. The molecule has 2 aromatic carbocycles. The summed E-state index contributed by atoms with van der Waals surface area (Å²) in [6, 6.07) is 16.8. The van der Waals surface area contributed by atoms with Crippen LogP contribution in [-0.4, -0.2) is 16.0 Å². The van der Waals surface area contributed by atoms with Gasteiger partial charge in [-0.1, -0.05) is 45.0 Å². The fourth-order valence-electron chi connectivity index (χ4n) is 3.42. The quantitative estimate of drug-likeness (QED) is 0.558. The van der Waals surface area contributed by atoms with Crippen molar-refractivity contribution in [2.24, 2.45) is 0 Å². The van der Waals surface area contributed by atoms with Crippen molar-refractivity contribution in [2.45, 2.75) is 52.9 Å². The van der Waals surface area contributed by atoms with Gasteiger partial charge in [0.15, 0.2) is 0 Å². The van der Waals surface area contributed by atoms with Gasteiger partial charge in [0.2, 0.25) is 0 Å². The molecule has 0 saturated carbocycles. The van der Waals surface area contributed by atoms with Crippen molar-refractivity contribution in [3.63, 3.8) is 0 Å². The second kappa shape index (κ2) is 10.3. The molecule has 2 N–H and O–H groups in total. The lowest BCUT2D eigenvalue weighted by Gasteiger charge is -2.19. The van der Waals surface area contributed by atoms with Gasteiger partial charge in [-0.15, -0.1) is 0 Å². The molecule has 6 heteroatoms. The molecule has 33 heavy (non-hydrogen) atoms. The van der Waals surface area contributed by atoms with E-state index in [2.05, 4.69) is 37.1 Å². The van der Waals surface area contributed by atoms with Crippen LogP contribution in [0, 0.1) is 18.3 Å². The third kappa shape index (κ3) is 5.97. The molecule has 0 fully saturated rings. The third-order valence-corrected chi connectivity index (χ3v) is 5.48. The van der Waals surface area contributed by atoms with E-state index in [0.717, 1.165) is 11.1 Å². The van der Waals surface area contributed by atoms with Crippen molar-refractivity contribution >= 4 is 5.91 Å². The number of carbonyl (C=O) groups excluding carboxylic acids is 1. The van der Waals surface area contributed by atoms with E-state index in [1.165, 1.54) is 0 Å². The Bertz CT molecular complexity index is 1160. The molecule has 0 radical (unpaired) electrons. The number of ether oxygens (including phenoxy) is 1. The zero-order valence-corrected chi connectivity index (χ0v) is 19.5. The van der Waals surface area contributed by atoms with Gasteiger partial charge in [0.05, 0.1) is 23.9 Å². The highest BCUT2D eigenvalue weighted by atomic mass is 16.5. The van der Waals surface area contributed by atoms with Gasteiger partial charge >= 0.3 is 0 Å². The molecule has 0 aliphatic heterocycles. The second-order valence-electron chi connectivity index (χ2n) is 8.94. The van der Waals surface area contributed by atoms with Crippen molar-refractivity contribution in [1.82, 2.24) is 10.3 Å². The summed E-state index contributed by atoms with van der Waals surface area (Å²) in [4.78, 5) is 17.0. The molecular formula is C27H29N3O3. The van der Waals surface area contributed by atoms with Gasteiger partial charge in [-0.2, -0.15) is 5.26 Å². The molecule has 0 aliphatic carbocycles. The molecule has 0 saturated heterocycles. The molecule has 0 atom stereocenters. The molecule has 0 unspecified atom stereocenters. The lowest BCUT2D eigenvalue weighted by molar-refractivity contribution is 0.0950. The standard InChI is InChI=1S/C27H29N3O3/c1-18-25(33-17-20-7-5-19(13-28)6-8-20)24(16-31)22(14-29-18)15-30-26(32)21-9-11-23(12-10-21)27(2,3)4/h5-12,14,31H,15-17H2,1-4H3,(H,30,32). The van der Waals surface area contributed by atoms with E-state index in [4.69, 9.17) is 10.00 Å². The van der Waals surface area contributed by atoms with E-state index in [1.54, 1.807) is 18.3 Å². The molecule has 3 aromatic rings. The van der Waals surface area contributed by atoms with Crippen molar-refractivity contribution < 1.29 is 14.6 Å². The lowest BCUT2D eigenvalue weighted by atomic mass is 9.87. The van der Waals surface area contributed by atoms with Crippen molar-refractivity contribution in [2.75, 3.05) is 0 Å². The summed E-state index contributed by atoms with van der Waals surface area (Å²) in [5, 5.41) is 21.9. The number of nitrogens with zero attached hydrogens (tertiary/aromatic N) is 2. The average Bonchev–Trinajstić information content (AvgIpc) is 2.81. The fourth-order valence-corrected chi connectivity index (χ4v) is 3.42. The first-order valence-electron chi connectivity index (χ1n) is 10.8. The Labute approximate surface area is 194 Å². The topological polar surface area (TPSA) is 95.2 Å². The number of aromatic nitrogens is 1. The van der Waals surface area contributed by atoms with Gasteiger partial charge in [0.1, 0.15) is 12.4 Å². The zero-order valence-electron chi connectivity index (χ0n) is 19.5. The molecule has 0 aliphatic rings. The molecule has 1 heterocycles. The van der Waals surface area contributed by atoms with Crippen molar-refractivity contribution in [1.29, 1.82) is 5.26 Å². The van der Waals surface area contributed by atoms with E-state index < -0.39 is 0 Å². The summed E-state index contributed by atoms with van der Waals surface area (Å²) in [6.45, 7) is 8.45. The largest absolute Gasteiger partial charge is 0.487 e. The second-order valence-corrected chi connectivity index (χ2v) is 8.94. The van der Waals surface area contributed by atoms with Crippen LogP contribution in [0.2, 0.25) is 0 Å². The van der Waals surface area contributed by atoms with Crippen LogP contribution in [0.1, 0.15) is 64.6 Å². The number of hydrogen-bond donors (Lipinski definition) is 2. The highest BCUT2D eigenvalue weighted by Crippen LogP contribution is 2.27. The summed E-state index contributed by atoms with van der Waals surface area (Å²) < 4.78 is 5.98. The number of aliphatic hydroxyl groups is 1. The first kappa shape index (κ1) is 24.0. The number of benzene rings is 2. The van der Waals surface area contributed by atoms with Crippen LogP contribution in [0.15, 0.2) is 54.7 Å². The Kier molecular flexibility index (Phi) is 7.47. The molecular weight excluding hydrogens is 414 g/mol. The zero-order chi connectivity index (χ0) is 24.0. The molecule has 0 spiro atoms. The molecule has 0 bridgehead atoms. The number of nitriles is 1.